The van der Waals surface area contributed by atoms with Gasteiger partial charge in [-0.1, -0.05) is 29.8 Å². The summed E-state index contributed by atoms with van der Waals surface area (Å²) in [7, 11) is 0. The highest BCUT2D eigenvalue weighted by Gasteiger charge is 2.10. The van der Waals surface area contributed by atoms with Gasteiger partial charge in [0.25, 0.3) is 0 Å². The Hall–Kier alpha value is -1.16. The third-order valence-corrected chi connectivity index (χ3v) is 4.86. The maximum absolute atomic E-state index is 11.9. The highest BCUT2D eigenvalue weighted by Crippen LogP contribution is 2.29. The molecule has 0 unspecified atom stereocenters. The van der Waals surface area contributed by atoms with Crippen molar-refractivity contribution in [3.63, 3.8) is 0 Å². The fraction of sp³-hybridized carbons (Fsp3) is 0.263. The standard InChI is InChI=1S/C19H20I2N2O2/c1-12(2)25-19-16(20)8-15(9-17(19)21)11-22-23-18(24)10-14-6-4-13(3)5-7-14/h4-9,11-12H,10H2,1-3H3,(H,23,24)/b22-11+. The fourth-order valence-electron chi connectivity index (χ4n) is 2.11. The average molecular weight is 562 g/mol. The summed E-state index contributed by atoms with van der Waals surface area (Å²) in [5, 5.41) is 4.06. The van der Waals surface area contributed by atoms with Crippen LogP contribution in [0.25, 0.3) is 0 Å². The second-order valence-electron chi connectivity index (χ2n) is 5.94. The summed E-state index contributed by atoms with van der Waals surface area (Å²) in [5.41, 5.74) is 5.64. The van der Waals surface area contributed by atoms with E-state index in [0.29, 0.717) is 6.42 Å². The van der Waals surface area contributed by atoms with Gasteiger partial charge in [-0.25, -0.2) is 5.43 Å². The highest BCUT2D eigenvalue weighted by molar-refractivity contribution is 14.1. The van der Waals surface area contributed by atoms with Gasteiger partial charge >= 0.3 is 0 Å². The van der Waals surface area contributed by atoms with E-state index in [4.69, 9.17) is 4.74 Å². The van der Waals surface area contributed by atoms with Crippen LogP contribution >= 0.6 is 45.2 Å². The van der Waals surface area contributed by atoms with Crippen LogP contribution in [0.15, 0.2) is 41.5 Å². The van der Waals surface area contributed by atoms with Gasteiger partial charge in [0.05, 0.1) is 25.9 Å². The zero-order valence-corrected chi connectivity index (χ0v) is 18.7. The monoisotopic (exact) mass is 562 g/mol. The lowest BCUT2D eigenvalue weighted by atomic mass is 10.1. The van der Waals surface area contributed by atoms with E-state index in [0.717, 1.165) is 24.0 Å². The number of nitrogens with zero attached hydrogens (tertiary/aromatic N) is 1. The first-order chi connectivity index (χ1) is 11.8. The number of rotatable bonds is 6. The number of amides is 1. The highest BCUT2D eigenvalue weighted by atomic mass is 127. The Morgan fingerprint density at radius 2 is 1.80 bits per heavy atom. The summed E-state index contributed by atoms with van der Waals surface area (Å²) >= 11 is 4.50. The first-order valence-corrected chi connectivity index (χ1v) is 10.0. The van der Waals surface area contributed by atoms with Crippen molar-refractivity contribution in [1.82, 2.24) is 5.43 Å². The van der Waals surface area contributed by atoms with E-state index in [1.807, 2.05) is 57.2 Å². The van der Waals surface area contributed by atoms with Gasteiger partial charge in [-0.15, -0.1) is 0 Å². The number of benzene rings is 2. The summed E-state index contributed by atoms with van der Waals surface area (Å²) in [4.78, 5) is 11.9. The van der Waals surface area contributed by atoms with Gasteiger partial charge in [0, 0.05) is 0 Å². The van der Waals surface area contributed by atoms with Crippen LogP contribution in [0.4, 0.5) is 0 Å². The molecule has 0 heterocycles. The molecule has 0 aliphatic heterocycles. The van der Waals surface area contributed by atoms with Crippen LogP contribution in [0.3, 0.4) is 0 Å². The number of halogens is 2. The summed E-state index contributed by atoms with van der Waals surface area (Å²) in [6.45, 7) is 6.03. The zero-order valence-electron chi connectivity index (χ0n) is 14.3. The van der Waals surface area contributed by atoms with Crippen molar-refractivity contribution >= 4 is 57.3 Å². The zero-order chi connectivity index (χ0) is 18.4. The molecule has 0 aliphatic carbocycles. The molecule has 2 rings (SSSR count). The summed E-state index contributed by atoms with van der Waals surface area (Å²) in [6, 6.07) is 11.9. The minimum Gasteiger partial charge on any atom is -0.489 e. The fourth-order valence-corrected chi connectivity index (χ4v) is 4.18. The maximum Gasteiger partial charge on any atom is 0.244 e. The number of aryl methyl sites for hydroxylation is 1. The van der Waals surface area contributed by atoms with Crippen LogP contribution in [0.1, 0.15) is 30.5 Å². The van der Waals surface area contributed by atoms with Crippen molar-refractivity contribution in [2.45, 2.75) is 33.3 Å². The third-order valence-electron chi connectivity index (χ3n) is 3.26. The molecule has 1 N–H and O–H groups in total. The van der Waals surface area contributed by atoms with Crippen LogP contribution in [0.5, 0.6) is 5.75 Å². The van der Waals surface area contributed by atoms with Crippen LogP contribution in [-0.4, -0.2) is 18.2 Å². The Morgan fingerprint density at radius 1 is 1.20 bits per heavy atom. The van der Waals surface area contributed by atoms with E-state index in [1.165, 1.54) is 5.56 Å². The molecule has 0 aliphatic rings. The molecule has 4 nitrogen and oxygen atoms in total. The van der Waals surface area contributed by atoms with E-state index in [1.54, 1.807) is 6.21 Å². The van der Waals surface area contributed by atoms with Gasteiger partial charge in [0.1, 0.15) is 5.75 Å². The lowest BCUT2D eigenvalue weighted by Crippen LogP contribution is -2.19. The molecule has 0 fully saturated rings. The first kappa shape index (κ1) is 20.2. The second kappa shape index (κ2) is 9.51. The molecule has 0 saturated carbocycles. The van der Waals surface area contributed by atoms with Crippen molar-refractivity contribution in [2.24, 2.45) is 5.10 Å². The van der Waals surface area contributed by atoms with Gasteiger partial charge in [0.2, 0.25) is 5.91 Å². The van der Waals surface area contributed by atoms with Crippen LogP contribution in [0, 0.1) is 14.1 Å². The van der Waals surface area contributed by atoms with Crippen molar-refractivity contribution in [3.8, 4) is 5.75 Å². The Labute approximate surface area is 175 Å². The summed E-state index contributed by atoms with van der Waals surface area (Å²) < 4.78 is 7.86. The second-order valence-corrected chi connectivity index (χ2v) is 8.26. The molecule has 2 aromatic carbocycles. The van der Waals surface area contributed by atoms with Crippen molar-refractivity contribution in [1.29, 1.82) is 0 Å². The van der Waals surface area contributed by atoms with Gasteiger partial charge in [-0.3, -0.25) is 4.79 Å². The normalized spacial score (nSPS) is 11.1. The molecular formula is C19H20I2N2O2. The number of carbonyl (C=O) groups is 1. The van der Waals surface area contributed by atoms with Crippen LogP contribution in [0.2, 0.25) is 0 Å². The molecule has 0 atom stereocenters. The predicted octanol–water partition coefficient (Wildman–Crippen LogP) is 4.68. The molecule has 0 bridgehead atoms. The van der Waals surface area contributed by atoms with E-state index in [9.17, 15) is 4.79 Å². The van der Waals surface area contributed by atoms with Gasteiger partial charge in [0.15, 0.2) is 0 Å². The van der Waals surface area contributed by atoms with E-state index < -0.39 is 0 Å². The lowest BCUT2D eigenvalue weighted by Gasteiger charge is -2.14. The number of ether oxygens (including phenoxy) is 1. The molecule has 0 radical (unpaired) electrons. The van der Waals surface area contributed by atoms with E-state index in [2.05, 4.69) is 55.7 Å². The maximum atomic E-state index is 11.9. The Morgan fingerprint density at radius 3 is 2.36 bits per heavy atom. The van der Waals surface area contributed by atoms with Gasteiger partial charge in [-0.05, 0) is 89.2 Å². The molecule has 0 saturated heterocycles. The first-order valence-electron chi connectivity index (χ1n) is 7.88. The predicted molar refractivity (Wildman–Crippen MR) is 118 cm³/mol. The van der Waals surface area contributed by atoms with Crippen LogP contribution in [-0.2, 0) is 11.2 Å². The molecule has 132 valence electrons. The topological polar surface area (TPSA) is 50.7 Å². The Kier molecular flexibility index (Phi) is 7.67. The minimum atomic E-state index is -0.135. The minimum absolute atomic E-state index is 0.127. The number of hydrogen-bond donors (Lipinski definition) is 1. The molecule has 1 amide bonds. The average Bonchev–Trinajstić information content (AvgIpc) is 2.53. The van der Waals surface area contributed by atoms with Crippen LogP contribution < -0.4 is 10.2 Å². The molecule has 25 heavy (non-hydrogen) atoms. The van der Waals surface area contributed by atoms with Crippen molar-refractivity contribution < 1.29 is 9.53 Å². The summed E-state index contributed by atoms with van der Waals surface area (Å²) in [6.07, 6.45) is 2.09. The third kappa shape index (κ3) is 6.58. The smallest absolute Gasteiger partial charge is 0.244 e. The van der Waals surface area contributed by atoms with E-state index >= 15 is 0 Å². The molecular weight excluding hydrogens is 542 g/mol. The molecule has 0 spiro atoms. The number of hydrogen-bond acceptors (Lipinski definition) is 3. The summed E-state index contributed by atoms with van der Waals surface area (Å²) in [5.74, 6) is 0.751. The SMILES string of the molecule is Cc1ccc(CC(=O)N/N=C/c2cc(I)c(OC(C)C)c(I)c2)cc1. The Balaban J connectivity index is 1.97. The Bertz CT molecular complexity index is 748. The largest absolute Gasteiger partial charge is 0.489 e. The number of nitrogens with one attached hydrogen (secondary N) is 1. The van der Waals surface area contributed by atoms with Crippen molar-refractivity contribution in [3.05, 3.63) is 60.2 Å². The van der Waals surface area contributed by atoms with Gasteiger partial charge in [-0.2, -0.15) is 5.10 Å². The van der Waals surface area contributed by atoms with Gasteiger partial charge < -0.3 is 4.74 Å². The van der Waals surface area contributed by atoms with E-state index in [-0.39, 0.29) is 12.0 Å². The quantitative estimate of drug-likeness (QED) is 0.316. The number of carbonyl (C=O) groups excluding carboxylic acids is 1. The lowest BCUT2D eigenvalue weighted by molar-refractivity contribution is -0.120. The molecule has 0 aromatic heterocycles. The van der Waals surface area contributed by atoms with Crippen molar-refractivity contribution in [2.75, 3.05) is 0 Å². The number of hydrazone groups is 1. The molecule has 6 heteroatoms. The molecule has 2 aromatic rings.